The predicted molar refractivity (Wildman–Crippen MR) is 84.9 cm³/mol. The van der Waals surface area contributed by atoms with Crippen molar-refractivity contribution in [3.63, 3.8) is 0 Å². The van der Waals surface area contributed by atoms with Gasteiger partial charge in [0.2, 0.25) is 0 Å². The van der Waals surface area contributed by atoms with E-state index >= 15 is 0 Å². The maximum atomic E-state index is 11.7. The van der Waals surface area contributed by atoms with Crippen molar-refractivity contribution < 1.29 is 21.8 Å². The zero-order valence-electron chi connectivity index (χ0n) is 12.7. The molecule has 0 aliphatic carbocycles. The molecule has 1 atom stereocenters. The van der Waals surface area contributed by atoms with Gasteiger partial charge >= 0.3 is 5.63 Å². The Kier molecular flexibility index (Phi) is 3.57. The van der Waals surface area contributed by atoms with Crippen molar-refractivity contribution in [1.82, 2.24) is 0 Å². The van der Waals surface area contributed by atoms with E-state index in [4.69, 9.17) is 13.3 Å². The van der Waals surface area contributed by atoms with Gasteiger partial charge in [0, 0.05) is 23.9 Å². The Bertz CT molecular complexity index is 939. The van der Waals surface area contributed by atoms with Gasteiger partial charge in [0.15, 0.2) is 0 Å². The lowest BCUT2D eigenvalue weighted by molar-refractivity contribution is -0.0228. The zero-order chi connectivity index (χ0) is 16.8. The minimum atomic E-state index is -3.82. The van der Waals surface area contributed by atoms with Crippen molar-refractivity contribution in [1.29, 1.82) is 0 Å². The van der Waals surface area contributed by atoms with Crippen molar-refractivity contribution in [3.05, 3.63) is 52.2 Å². The molecule has 6 nitrogen and oxygen atoms in total. The van der Waals surface area contributed by atoms with Gasteiger partial charge in [-0.15, -0.1) is 0 Å². The van der Waals surface area contributed by atoms with E-state index in [1.54, 1.807) is 32.0 Å². The quantitative estimate of drug-likeness (QED) is 0.632. The molecule has 2 heterocycles. The molecule has 122 valence electrons. The van der Waals surface area contributed by atoms with Crippen molar-refractivity contribution in [2.75, 3.05) is 0 Å². The fourth-order valence-electron chi connectivity index (χ4n) is 2.54. The van der Waals surface area contributed by atoms with E-state index in [0.717, 1.165) is 16.4 Å². The second kappa shape index (κ2) is 5.21. The molecule has 3 rings (SSSR count). The van der Waals surface area contributed by atoms with E-state index in [1.807, 2.05) is 0 Å². The molecule has 0 saturated heterocycles. The number of fused-ring (bicyclic) bond motifs is 2. The largest absolute Gasteiger partial charge is 0.485 e. The SMILES string of the molecule is C=CS(=O)(=O)OC1Cc2cc3ccc(=O)oc3cc2OC1(C)C. The highest BCUT2D eigenvalue weighted by atomic mass is 32.2. The normalized spacial score (nSPS) is 19.8. The summed E-state index contributed by atoms with van der Waals surface area (Å²) in [5.41, 5.74) is -0.0999. The van der Waals surface area contributed by atoms with Crippen LogP contribution in [0.25, 0.3) is 11.0 Å². The van der Waals surface area contributed by atoms with Crippen molar-refractivity contribution >= 4 is 21.1 Å². The van der Waals surface area contributed by atoms with Crippen LogP contribution in [-0.4, -0.2) is 20.1 Å². The minimum Gasteiger partial charge on any atom is -0.485 e. The molecule has 1 aliphatic rings. The first-order valence-corrected chi connectivity index (χ1v) is 8.49. The van der Waals surface area contributed by atoms with Gasteiger partial charge in [-0.1, -0.05) is 6.58 Å². The summed E-state index contributed by atoms with van der Waals surface area (Å²) in [6, 6.07) is 6.43. The maximum absolute atomic E-state index is 11.7. The van der Waals surface area contributed by atoms with Crippen LogP contribution in [0.4, 0.5) is 0 Å². The monoisotopic (exact) mass is 336 g/mol. The third-order valence-electron chi connectivity index (χ3n) is 3.81. The van der Waals surface area contributed by atoms with E-state index in [0.29, 0.717) is 17.8 Å². The Morgan fingerprint density at radius 3 is 2.78 bits per heavy atom. The summed E-state index contributed by atoms with van der Waals surface area (Å²) in [7, 11) is -3.82. The Morgan fingerprint density at radius 1 is 1.35 bits per heavy atom. The molecule has 1 aromatic heterocycles. The summed E-state index contributed by atoms with van der Waals surface area (Å²) in [6.07, 6.45) is -0.337. The standard InChI is InChI=1S/C16H16O6S/c1-4-23(18,19)22-14-8-11-7-10-5-6-15(17)20-12(10)9-13(11)21-16(14,2)3/h4-7,9,14H,1,8H2,2-3H3. The van der Waals surface area contributed by atoms with Crippen LogP contribution in [0, 0.1) is 0 Å². The summed E-state index contributed by atoms with van der Waals surface area (Å²) < 4.78 is 39.6. The molecule has 1 aromatic carbocycles. The highest BCUT2D eigenvalue weighted by Crippen LogP contribution is 2.37. The maximum Gasteiger partial charge on any atom is 0.336 e. The zero-order valence-corrected chi connectivity index (χ0v) is 13.6. The van der Waals surface area contributed by atoms with Crippen molar-refractivity contribution in [2.45, 2.75) is 32.0 Å². The highest BCUT2D eigenvalue weighted by Gasteiger charge is 2.40. The van der Waals surface area contributed by atoms with Crippen LogP contribution >= 0.6 is 0 Å². The average molecular weight is 336 g/mol. The topological polar surface area (TPSA) is 82.8 Å². The lowest BCUT2D eigenvalue weighted by atomic mass is 9.90. The van der Waals surface area contributed by atoms with E-state index < -0.39 is 27.4 Å². The van der Waals surface area contributed by atoms with E-state index in [2.05, 4.69) is 6.58 Å². The molecule has 7 heteroatoms. The first-order chi connectivity index (χ1) is 10.7. The molecule has 1 unspecified atom stereocenters. The Hall–Kier alpha value is -2.12. The second-order valence-electron chi connectivity index (χ2n) is 5.91. The number of hydrogen-bond acceptors (Lipinski definition) is 6. The van der Waals surface area contributed by atoms with Crippen LogP contribution in [0.15, 0.2) is 45.5 Å². The van der Waals surface area contributed by atoms with Gasteiger partial charge < -0.3 is 9.15 Å². The van der Waals surface area contributed by atoms with Gasteiger partial charge in [0.25, 0.3) is 10.1 Å². The molecule has 0 amide bonds. The van der Waals surface area contributed by atoms with E-state index in [1.165, 1.54) is 6.07 Å². The Labute approximate surface area is 133 Å². The number of rotatable bonds is 3. The first-order valence-electron chi connectivity index (χ1n) is 7.02. The molecule has 0 spiro atoms. The Morgan fingerprint density at radius 2 is 2.09 bits per heavy atom. The van der Waals surface area contributed by atoms with Crippen LogP contribution in [0.2, 0.25) is 0 Å². The van der Waals surface area contributed by atoms with Gasteiger partial charge in [0.1, 0.15) is 23.0 Å². The average Bonchev–Trinajstić information content (AvgIpc) is 2.46. The van der Waals surface area contributed by atoms with Crippen LogP contribution < -0.4 is 10.4 Å². The summed E-state index contributed by atoms with van der Waals surface area (Å²) in [5.74, 6) is 0.549. The smallest absolute Gasteiger partial charge is 0.336 e. The van der Waals surface area contributed by atoms with Crippen LogP contribution in [0.1, 0.15) is 19.4 Å². The fourth-order valence-corrected chi connectivity index (χ4v) is 3.25. The molecule has 0 saturated carbocycles. The third-order valence-corrected chi connectivity index (χ3v) is 4.72. The van der Waals surface area contributed by atoms with E-state index in [9.17, 15) is 13.2 Å². The molecule has 1 aliphatic heterocycles. The molecular formula is C16H16O6S. The fraction of sp³-hybridized carbons (Fsp3) is 0.312. The summed E-state index contributed by atoms with van der Waals surface area (Å²) >= 11 is 0. The van der Waals surface area contributed by atoms with Gasteiger partial charge in [-0.05, 0) is 31.5 Å². The number of benzene rings is 1. The third kappa shape index (κ3) is 3.02. The summed E-state index contributed by atoms with van der Waals surface area (Å²) in [4.78, 5) is 11.3. The predicted octanol–water partition coefficient (Wildman–Crippen LogP) is 2.37. The van der Waals surface area contributed by atoms with Crippen LogP contribution in [0.3, 0.4) is 0 Å². The first kappa shape index (κ1) is 15.8. The molecule has 0 N–H and O–H groups in total. The highest BCUT2D eigenvalue weighted by molar-refractivity contribution is 7.89. The number of hydrogen-bond donors (Lipinski definition) is 0. The Balaban J connectivity index is 2.05. The number of ether oxygens (including phenoxy) is 1. The molecular weight excluding hydrogens is 320 g/mol. The van der Waals surface area contributed by atoms with Crippen molar-refractivity contribution in [2.24, 2.45) is 0 Å². The second-order valence-corrected chi connectivity index (χ2v) is 7.42. The van der Waals surface area contributed by atoms with Crippen LogP contribution in [0.5, 0.6) is 5.75 Å². The molecule has 23 heavy (non-hydrogen) atoms. The minimum absolute atomic E-state index is 0.352. The molecule has 0 bridgehead atoms. The van der Waals surface area contributed by atoms with Gasteiger partial charge in [-0.3, -0.25) is 4.18 Å². The van der Waals surface area contributed by atoms with Crippen molar-refractivity contribution in [3.8, 4) is 5.75 Å². The van der Waals surface area contributed by atoms with Gasteiger partial charge in [0.05, 0.1) is 5.41 Å². The molecule has 0 radical (unpaired) electrons. The lowest BCUT2D eigenvalue weighted by Crippen LogP contribution is -2.48. The lowest BCUT2D eigenvalue weighted by Gasteiger charge is -2.38. The van der Waals surface area contributed by atoms with Gasteiger partial charge in [-0.25, -0.2) is 4.79 Å². The molecule has 0 fully saturated rings. The molecule has 2 aromatic rings. The summed E-state index contributed by atoms with van der Waals surface area (Å²) in [5, 5.41) is 1.50. The van der Waals surface area contributed by atoms with E-state index in [-0.39, 0.29) is 0 Å². The summed E-state index contributed by atoms with van der Waals surface area (Å²) in [6.45, 7) is 6.72. The van der Waals surface area contributed by atoms with Gasteiger partial charge in [-0.2, -0.15) is 8.42 Å². The van der Waals surface area contributed by atoms with Crippen LogP contribution in [-0.2, 0) is 20.7 Å².